The average Bonchev–Trinajstić information content (AvgIpc) is 2.79. The molecular weight excluding hydrogens is 480 g/mol. The number of rotatable bonds is 14. The Morgan fingerprint density at radius 1 is 0.886 bits per heavy atom. The van der Waals surface area contributed by atoms with Crippen molar-refractivity contribution < 1.29 is 39.3 Å². The van der Waals surface area contributed by atoms with E-state index in [0.717, 1.165) is 0 Å². The van der Waals surface area contributed by atoms with E-state index in [0.29, 0.717) is 5.56 Å². The van der Waals surface area contributed by atoms with Gasteiger partial charge in [0.05, 0.1) is 6.04 Å². The number of thiol groups is 1. The van der Waals surface area contributed by atoms with Gasteiger partial charge >= 0.3 is 11.9 Å². The molecule has 0 saturated heterocycles. The van der Waals surface area contributed by atoms with Crippen LogP contribution in [-0.2, 0) is 30.4 Å². The van der Waals surface area contributed by atoms with Crippen LogP contribution in [0.15, 0.2) is 24.3 Å². The number of phenolic OH excluding ortho intramolecular Hbond substituents is 1. The first kappa shape index (κ1) is 29.7. The maximum Gasteiger partial charge on any atom is 0.326 e. The van der Waals surface area contributed by atoms with Gasteiger partial charge in [0.2, 0.25) is 17.7 Å². The Morgan fingerprint density at radius 3 is 1.89 bits per heavy atom. The van der Waals surface area contributed by atoms with Gasteiger partial charge < -0.3 is 37.0 Å². The van der Waals surface area contributed by atoms with Crippen LogP contribution in [0, 0.1) is 5.92 Å². The third kappa shape index (κ3) is 10.2. The topological polar surface area (TPSA) is 208 Å². The van der Waals surface area contributed by atoms with E-state index in [1.54, 1.807) is 13.8 Å². The predicted molar refractivity (Wildman–Crippen MR) is 129 cm³/mol. The molecule has 0 aliphatic heterocycles. The number of carboxylic acids is 2. The first-order chi connectivity index (χ1) is 16.3. The largest absolute Gasteiger partial charge is 0.508 e. The highest BCUT2D eigenvalue weighted by atomic mass is 32.1. The zero-order valence-corrected chi connectivity index (χ0v) is 20.3. The van der Waals surface area contributed by atoms with Crippen LogP contribution in [0.4, 0.5) is 0 Å². The summed E-state index contributed by atoms with van der Waals surface area (Å²) in [7, 11) is 0. The van der Waals surface area contributed by atoms with Gasteiger partial charge in [-0.2, -0.15) is 12.6 Å². The second-order valence-corrected chi connectivity index (χ2v) is 8.64. The third-order valence-electron chi connectivity index (χ3n) is 5.11. The summed E-state index contributed by atoms with van der Waals surface area (Å²) in [5.41, 5.74) is 6.35. The molecule has 35 heavy (non-hydrogen) atoms. The van der Waals surface area contributed by atoms with Crippen molar-refractivity contribution >= 4 is 42.3 Å². The number of carbonyl (C=O) groups is 5. The fourth-order valence-corrected chi connectivity index (χ4v) is 3.17. The number of benzene rings is 1. The van der Waals surface area contributed by atoms with Gasteiger partial charge in [-0.15, -0.1) is 0 Å². The minimum atomic E-state index is -1.50. The van der Waals surface area contributed by atoms with Crippen LogP contribution in [0.1, 0.15) is 32.3 Å². The molecule has 0 saturated carbocycles. The Morgan fingerprint density at radius 2 is 1.40 bits per heavy atom. The SMILES string of the molecule is CC(C)C(N)C(=O)NC(CS)C(=O)NC(Cc1ccc(O)cc1)C(=O)NC(CCC(=O)O)C(=O)O. The minimum Gasteiger partial charge on any atom is -0.508 e. The van der Waals surface area contributed by atoms with Crippen LogP contribution in [-0.4, -0.2) is 74.9 Å². The number of amides is 3. The Hall–Kier alpha value is -3.32. The second-order valence-electron chi connectivity index (χ2n) is 8.28. The molecule has 1 aromatic rings. The van der Waals surface area contributed by atoms with Crippen molar-refractivity contribution in [2.45, 2.75) is 57.3 Å². The lowest BCUT2D eigenvalue weighted by atomic mass is 10.0. The fraction of sp³-hybridized carbons (Fsp3) is 0.500. The molecule has 194 valence electrons. The zero-order valence-electron chi connectivity index (χ0n) is 19.4. The standard InChI is InChI=1S/C22H32N4O8S/c1-11(2)18(23)21(32)26-16(10-35)20(31)25-15(9-12-3-5-13(27)6-4-12)19(30)24-14(22(33)34)7-8-17(28)29/h3-6,11,14-16,18,27,35H,7-10,23H2,1-2H3,(H,24,30)(H,25,31)(H,26,32)(H,28,29)(H,33,34). The molecule has 1 aromatic carbocycles. The zero-order chi connectivity index (χ0) is 26.7. The number of hydrogen-bond donors (Lipinski definition) is 8. The number of aromatic hydroxyl groups is 1. The Balaban J connectivity index is 3.07. The number of carboxylic acid groups (broad SMARTS) is 2. The van der Waals surface area contributed by atoms with Crippen LogP contribution < -0.4 is 21.7 Å². The van der Waals surface area contributed by atoms with E-state index in [2.05, 4.69) is 28.6 Å². The molecular formula is C22H32N4O8S. The van der Waals surface area contributed by atoms with Crippen molar-refractivity contribution in [1.29, 1.82) is 0 Å². The molecule has 0 spiro atoms. The van der Waals surface area contributed by atoms with E-state index in [4.69, 9.17) is 10.8 Å². The molecule has 1 rings (SSSR count). The molecule has 0 aromatic heterocycles. The van der Waals surface area contributed by atoms with Gasteiger partial charge in [0.1, 0.15) is 23.9 Å². The molecule has 8 N–H and O–H groups in total. The Kier molecular flexibility index (Phi) is 12.0. The number of carbonyl (C=O) groups excluding carboxylic acids is 3. The van der Waals surface area contributed by atoms with Gasteiger partial charge in [0.15, 0.2) is 0 Å². The quantitative estimate of drug-likeness (QED) is 0.147. The number of phenols is 1. The molecule has 3 amide bonds. The van der Waals surface area contributed by atoms with E-state index in [1.807, 2.05) is 0 Å². The highest BCUT2D eigenvalue weighted by Crippen LogP contribution is 2.12. The van der Waals surface area contributed by atoms with Crippen molar-refractivity contribution in [3.8, 4) is 5.75 Å². The van der Waals surface area contributed by atoms with Gasteiger partial charge in [-0.25, -0.2) is 4.79 Å². The Bertz CT molecular complexity index is 909. The van der Waals surface area contributed by atoms with E-state index in [9.17, 15) is 34.2 Å². The lowest BCUT2D eigenvalue weighted by Crippen LogP contribution is -2.58. The van der Waals surface area contributed by atoms with Crippen molar-refractivity contribution in [1.82, 2.24) is 16.0 Å². The molecule has 0 aliphatic rings. The summed E-state index contributed by atoms with van der Waals surface area (Å²) in [6.07, 6.45) is -0.934. The molecule has 0 bridgehead atoms. The molecule has 4 atom stereocenters. The summed E-state index contributed by atoms with van der Waals surface area (Å²) in [5, 5.41) is 34.9. The van der Waals surface area contributed by atoms with E-state index >= 15 is 0 Å². The molecule has 13 heteroatoms. The van der Waals surface area contributed by atoms with Gasteiger partial charge in [0, 0.05) is 18.6 Å². The highest BCUT2D eigenvalue weighted by molar-refractivity contribution is 7.80. The summed E-state index contributed by atoms with van der Waals surface area (Å²) < 4.78 is 0. The summed E-state index contributed by atoms with van der Waals surface area (Å²) in [6, 6.07) is 1.01. The van der Waals surface area contributed by atoms with E-state index < -0.39 is 60.2 Å². The summed E-state index contributed by atoms with van der Waals surface area (Å²) >= 11 is 4.09. The number of nitrogens with one attached hydrogen (secondary N) is 3. The number of nitrogens with two attached hydrogens (primary N) is 1. The van der Waals surface area contributed by atoms with Gasteiger partial charge in [-0.3, -0.25) is 19.2 Å². The smallest absolute Gasteiger partial charge is 0.326 e. The van der Waals surface area contributed by atoms with Crippen LogP contribution >= 0.6 is 12.6 Å². The number of hydrogen-bond acceptors (Lipinski definition) is 8. The molecule has 0 radical (unpaired) electrons. The lowest BCUT2D eigenvalue weighted by molar-refractivity contribution is -0.143. The molecule has 0 heterocycles. The lowest BCUT2D eigenvalue weighted by Gasteiger charge is -2.25. The summed E-state index contributed by atoms with van der Waals surface area (Å²) in [5.74, 6) is -5.17. The monoisotopic (exact) mass is 512 g/mol. The third-order valence-corrected chi connectivity index (χ3v) is 5.47. The van der Waals surface area contributed by atoms with E-state index in [1.165, 1.54) is 24.3 Å². The molecule has 0 fully saturated rings. The maximum atomic E-state index is 12.9. The van der Waals surface area contributed by atoms with E-state index in [-0.39, 0.29) is 30.3 Å². The van der Waals surface area contributed by atoms with Crippen molar-refractivity contribution in [3.63, 3.8) is 0 Å². The first-order valence-electron chi connectivity index (χ1n) is 10.9. The molecule has 0 aliphatic carbocycles. The summed E-state index contributed by atoms with van der Waals surface area (Å²) in [4.78, 5) is 60.4. The van der Waals surface area contributed by atoms with Crippen LogP contribution in [0.2, 0.25) is 0 Å². The maximum absolute atomic E-state index is 12.9. The van der Waals surface area contributed by atoms with Gasteiger partial charge in [-0.1, -0.05) is 26.0 Å². The van der Waals surface area contributed by atoms with Gasteiger partial charge in [0.25, 0.3) is 0 Å². The number of aliphatic carboxylic acids is 2. The fourth-order valence-electron chi connectivity index (χ4n) is 2.91. The molecule has 12 nitrogen and oxygen atoms in total. The van der Waals surface area contributed by atoms with Crippen molar-refractivity contribution in [3.05, 3.63) is 29.8 Å². The predicted octanol–water partition coefficient (Wildman–Crippen LogP) is -0.748. The first-order valence-corrected chi connectivity index (χ1v) is 11.5. The van der Waals surface area contributed by atoms with Crippen molar-refractivity contribution in [2.24, 2.45) is 11.7 Å². The van der Waals surface area contributed by atoms with Crippen molar-refractivity contribution in [2.75, 3.05) is 5.75 Å². The average molecular weight is 513 g/mol. The van der Waals surface area contributed by atoms with Crippen LogP contribution in [0.5, 0.6) is 5.75 Å². The normalized spacial score (nSPS) is 14.3. The molecule has 4 unspecified atom stereocenters. The minimum absolute atomic E-state index is 0.0160. The van der Waals surface area contributed by atoms with Crippen LogP contribution in [0.25, 0.3) is 0 Å². The highest BCUT2D eigenvalue weighted by Gasteiger charge is 2.30. The Labute approximate surface area is 208 Å². The second kappa shape index (κ2) is 14.2. The van der Waals surface area contributed by atoms with Gasteiger partial charge in [-0.05, 0) is 30.0 Å². The summed E-state index contributed by atoms with van der Waals surface area (Å²) in [6.45, 7) is 3.47. The van der Waals surface area contributed by atoms with Crippen LogP contribution in [0.3, 0.4) is 0 Å².